The van der Waals surface area contributed by atoms with E-state index in [4.69, 9.17) is 9.15 Å². The summed E-state index contributed by atoms with van der Waals surface area (Å²) in [7, 11) is 0. The zero-order valence-electron chi connectivity index (χ0n) is 13.6. The quantitative estimate of drug-likeness (QED) is 0.692. The van der Waals surface area contributed by atoms with Gasteiger partial charge in [-0.1, -0.05) is 15.9 Å². The van der Waals surface area contributed by atoms with Crippen LogP contribution >= 0.6 is 15.9 Å². The number of ether oxygens (including phenoxy) is 1. The minimum absolute atomic E-state index is 0.0325. The topological polar surface area (TPSA) is 71.8 Å². The molecule has 0 fully saturated rings. The van der Waals surface area contributed by atoms with Crippen LogP contribution in [0.15, 0.2) is 45.5 Å². The molecule has 1 aromatic carbocycles. The lowest BCUT2D eigenvalue weighted by atomic mass is 10.3. The Bertz CT molecular complexity index is 721. The highest BCUT2D eigenvalue weighted by Crippen LogP contribution is 2.20. The summed E-state index contributed by atoms with van der Waals surface area (Å²) in [6.45, 7) is 2.24. The van der Waals surface area contributed by atoms with Crippen molar-refractivity contribution in [2.45, 2.75) is 19.9 Å². The van der Waals surface area contributed by atoms with Gasteiger partial charge in [0.25, 0.3) is 0 Å². The first kappa shape index (κ1) is 19.0. The summed E-state index contributed by atoms with van der Waals surface area (Å²) in [5.74, 6) is -0.420. The Kier molecular flexibility index (Phi) is 7.00. The third-order valence-electron chi connectivity index (χ3n) is 3.28. The molecule has 2 aromatic rings. The van der Waals surface area contributed by atoms with Gasteiger partial charge in [-0.2, -0.15) is 0 Å². The molecule has 0 unspecified atom stereocenters. The summed E-state index contributed by atoms with van der Waals surface area (Å²) in [6, 6.07) is 7.20. The van der Waals surface area contributed by atoms with Gasteiger partial charge < -0.3 is 19.4 Å². The zero-order valence-corrected chi connectivity index (χ0v) is 15.2. The third kappa shape index (κ3) is 5.90. The molecule has 0 atom stereocenters. The third-order valence-corrected chi connectivity index (χ3v) is 3.77. The van der Waals surface area contributed by atoms with E-state index in [1.807, 2.05) is 0 Å². The highest BCUT2D eigenvalue weighted by atomic mass is 79.9. The fraction of sp³-hybridized carbons (Fsp3) is 0.294. The first-order valence-corrected chi connectivity index (χ1v) is 8.48. The standard InChI is InChI=1S/C17H18BrFN2O4/c1-2-24-16(22)7-8-21(11-13-4-3-9-25-13)17(23)20-15-6-5-12(18)10-14(15)19/h3-6,9-10H,2,7-8,11H2,1H3,(H,20,23). The van der Waals surface area contributed by atoms with Crippen LogP contribution in [-0.4, -0.2) is 30.1 Å². The van der Waals surface area contributed by atoms with Crippen LogP contribution < -0.4 is 5.32 Å². The smallest absolute Gasteiger partial charge is 0.322 e. The van der Waals surface area contributed by atoms with Gasteiger partial charge in [-0.3, -0.25) is 4.79 Å². The van der Waals surface area contributed by atoms with Gasteiger partial charge in [-0.25, -0.2) is 9.18 Å². The van der Waals surface area contributed by atoms with Crippen molar-refractivity contribution >= 4 is 33.6 Å². The van der Waals surface area contributed by atoms with E-state index in [9.17, 15) is 14.0 Å². The van der Waals surface area contributed by atoms with E-state index in [2.05, 4.69) is 21.2 Å². The van der Waals surface area contributed by atoms with Crippen molar-refractivity contribution in [2.75, 3.05) is 18.5 Å². The Morgan fingerprint density at radius 3 is 2.80 bits per heavy atom. The number of benzene rings is 1. The van der Waals surface area contributed by atoms with Gasteiger partial charge in [0.2, 0.25) is 0 Å². The molecule has 0 aliphatic rings. The molecule has 8 heteroatoms. The van der Waals surface area contributed by atoms with Gasteiger partial charge in [0.05, 0.1) is 31.5 Å². The molecule has 0 bridgehead atoms. The molecule has 0 aliphatic heterocycles. The molecular formula is C17H18BrFN2O4. The Hall–Kier alpha value is -2.35. The van der Waals surface area contributed by atoms with Crippen molar-refractivity contribution in [1.29, 1.82) is 0 Å². The van der Waals surface area contributed by atoms with Crippen LogP contribution in [0.3, 0.4) is 0 Å². The van der Waals surface area contributed by atoms with Crippen molar-refractivity contribution in [3.63, 3.8) is 0 Å². The van der Waals surface area contributed by atoms with E-state index in [0.717, 1.165) is 0 Å². The van der Waals surface area contributed by atoms with E-state index in [1.165, 1.54) is 23.3 Å². The second-order valence-corrected chi connectivity index (χ2v) is 6.03. The van der Waals surface area contributed by atoms with Crippen LogP contribution in [0.25, 0.3) is 0 Å². The number of amides is 2. The van der Waals surface area contributed by atoms with Crippen LogP contribution in [0.5, 0.6) is 0 Å². The molecule has 0 saturated heterocycles. The number of esters is 1. The van der Waals surface area contributed by atoms with Crippen molar-refractivity contribution in [1.82, 2.24) is 4.90 Å². The number of hydrogen-bond donors (Lipinski definition) is 1. The van der Waals surface area contributed by atoms with Crippen LogP contribution in [-0.2, 0) is 16.1 Å². The molecule has 0 saturated carbocycles. The Morgan fingerprint density at radius 2 is 2.16 bits per heavy atom. The molecule has 0 spiro atoms. The molecule has 1 heterocycles. The maximum Gasteiger partial charge on any atom is 0.322 e. The maximum atomic E-state index is 13.9. The average molecular weight is 413 g/mol. The second-order valence-electron chi connectivity index (χ2n) is 5.11. The van der Waals surface area contributed by atoms with Crippen molar-refractivity contribution in [3.05, 3.63) is 52.6 Å². The van der Waals surface area contributed by atoms with Crippen molar-refractivity contribution < 1.29 is 23.1 Å². The van der Waals surface area contributed by atoms with Crippen molar-refractivity contribution in [2.24, 2.45) is 0 Å². The Balaban J connectivity index is 2.06. The summed E-state index contributed by atoms with van der Waals surface area (Å²) < 4.78 is 24.6. The number of rotatable bonds is 7. The van der Waals surface area contributed by atoms with Crippen LogP contribution in [0.2, 0.25) is 0 Å². The number of halogens is 2. The Morgan fingerprint density at radius 1 is 1.36 bits per heavy atom. The number of anilines is 1. The minimum Gasteiger partial charge on any atom is -0.467 e. The predicted octanol–water partition coefficient (Wildman–Crippen LogP) is 4.17. The molecule has 0 aliphatic carbocycles. The zero-order chi connectivity index (χ0) is 18.2. The summed E-state index contributed by atoms with van der Waals surface area (Å²) in [6.07, 6.45) is 1.52. The molecule has 134 valence electrons. The van der Waals surface area contributed by atoms with E-state index in [1.54, 1.807) is 25.1 Å². The highest BCUT2D eigenvalue weighted by molar-refractivity contribution is 9.10. The maximum absolute atomic E-state index is 13.9. The molecule has 2 rings (SSSR count). The summed E-state index contributed by atoms with van der Waals surface area (Å²) in [5.41, 5.74) is 0.0498. The van der Waals surface area contributed by atoms with Gasteiger partial charge in [0.15, 0.2) is 0 Å². The van der Waals surface area contributed by atoms with Crippen LogP contribution in [0.1, 0.15) is 19.1 Å². The summed E-state index contributed by atoms with van der Waals surface area (Å²) in [4.78, 5) is 25.4. The first-order valence-electron chi connectivity index (χ1n) is 7.68. The fourth-order valence-corrected chi connectivity index (χ4v) is 2.42. The number of furan rings is 1. The number of nitrogens with zero attached hydrogens (tertiary/aromatic N) is 1. The number of carbonyl (C=O) groups excluding carboxylic acids is 2. The monoisotopic (exact) mass is 412 g/mol. The summed E-state index contributed by atoms with van der Waals surface area (Å²) >= 11 is 3.16. The van der Waals surface area contributed by atoms with E-state index >= 15 is 0 Å². The number of nitrogens with one attached hydrogen (secondary N) is 1. The molecule has 1 N–H and O–H groups in total. The molecule has 2 amide bonds. The molecule has 25 heavy (non-hydrogen) atoms. The lowest BCUT2D eigenvalue weighted by Crippen LogP contribution is -2.36. The van der Waals surface area contributed by atoms with Crippen LogP contribution in [0, 0.1) is 5.82 Å². The molecule has 0 radical (unpaired) electrons. The molecule has 6 nitrogen and oxygen atoms in total. The lowest BCUT2D eigenvalue weighted by molar-refractivity contribution is -0.143. The fourth-order valence-electron chi connectivity index (χ4n) is 2.09. The predicted molar refractivity (Wildman–Crippen MR) is 93.5 cm³/mol. The number of urea groups is 1. The average Bonchev–Trinajstić information content (AvgIpc) is 3.07. The Labute approximate surface area is 153 Å². The van der Waals surface area contributed by atoms with Gasteiger partial charge >= 0.3 is 12.0 Å². The highest BCUT2D eigenvalue weighted by Gasteiger charge is 2.18. The first-order chi connectivity index (χ1) is 12.0. The van der Waals surface area contributed by atoms with E-state index < -0.39 is 17.8 Å². The van der Waals surface area contributed by atoms with Gasteiger partial charge in [0.1, 0.15) is 11.6 Å². The van der Waals surface area contributed by atoms with E-state index in [0.29, 0.717) is 10.2 Å². The lowest BCUT2D eigenvalue weighted by Gasteiger charge is -2.22. The second kappa shape index (κ2) is 9.22. The number of hydrogen-bond acceptors (Lipinski definition) is 4. The van der Waals surface area contributed by atoms with Gasteiger partial charge in [0, 0.05) is 11.0 Å². The van der Waals surface area contributed by atoms with Crippen LogP contribution in [0.4, 0.5) is 14.9 Å². The van der Waals surface area contributed by atoms with Gasteiger partial charge in [-0.15, -0.1) is 0 Å². The minimum atomic E-state index is -0.564. The van der Waals surface area contributed by atoms with E-state index in [-0.39, 0.29) is 31.8 Å². The largest absolute Gasteiger partial charge is 0.467 e. The SMILES string of the molecule is CCOC(=O)CCN(Cc1ccco1)C(=O)Nc1ccc(Br)cc1F. The molecule has 1 aromatic heterocycles. The number of carbonyl (C=O) groups is 2. The molecular weight excluding hydrogens is 395 g/mol. The van der Waals surface area contributed by atoms with Crippen molar-refractivity contribution in [3.8, 4) is 0 Å². The van der Waals surface area contributed by atoms with Gasteiger partial charge in [-0.05, 0) is 37.3 Å². The normalized spacial score (nSPS) is 10.4. The summed E-state index contributed by atoms with van der Waals surface area (Å²) in [5, 5.41) is 2.50.